The number of amides is 3. The third kappa shape index (κ3) is 7.11. The van der Waals surface area contributed by atoms with Gasteiger partial charge in [0.25, 0.3) is 5.91 Å². The molecule has 4 rings (SSSR count). The van der Waals surface area contributed by atoms with E-state index >= 15 is 0 Å². The van der Waals surface area contributed by atoms with E-state index in [4.69, 9.17) is 4.74 Å². The van der Waals surface area contributed by atoms with Crippen LogP contribution in [-0.4, -0.2) is 59.2 Å². The van der Waals surface area contributed by atoms with Gasteiger partial charge in [0.1, 0.15) is 36.4 Å². The van der Waals surface area contributed by atoms with Crippen LogP contribution in [0.15, 0.2) is 72.8 Å². The molecule has 0 unspecified atom stereocenters. The van der Waals surface area contributed by atoms with Crippen LogP contribution < -0.4 is 10.1 Å². The van der Waals surface area contributed by atoms with Crippen LogP contribution in [0.4, 0.5) is 5.69 Å². The summed E-state index contributed by atoms with van der Waals surface area (Å²) in [5, 5.41) is 12.9. The Labute approximate surface area is 239 Å². The highest BCUT2D eigenvalue weighted by Crippen LogP contribution is 2.25. The van der Waals surface area contributed by atoms with Gasteiger partial charge in [0.15, 0.2) is 0 Å². The minimum atomic E-state index is -0.523. The van der Waals surface area contributed by atoms with Crippen molar-refractivity contribution in [2.24, 2.45) is 0 Å². The summed E-state index contributed by atoms with van der Waals surface area (Å²) in [7, 11) is 1.63. The summed E-state index contributed by atoms with van der Waals surface area (Å²) >= 11 is 0. The molecule has 4 aromatic rings. The van der Waals surface area contributed by atoms with E-state index in [1.165, 1.54) is 15.4 Å². The Hall–Kier alpha value is -5.10. The van der Waals surface area contributed by atoms with Crippen LogP contribution in [-0.2, 0) is 9.59 Å². The number of hydrogen-bond acceptors (Lipinski definition) is 5. The fraction of sp³-hybridized carbons (Fsp3) is 0.250. The molecule has 1 aromatic heterocycles. The molecule has 0 saturated carbocycles. The number of likely N-dealkylation sites (N-methyl/N-ethyl adjacent to an activating group) is 1. The van der Waals surface area contributed by atoms with Gasteiger partial charge in [-0.3, -0.25) is 14.4 Å². The topological polar surface area (TPSA) is 119 Å². The first-order chi connectivity index (χ1) is 19.7. The highest BCUT2D eigenvalue weighted by Gasteiger charge is 2.24. The van der Waals surface area contributed by atoms with Crippen molar-refractivity contribution in [3.63, 3.8) is 0 Å². The number of rotatable bonds is 10. The number of nitriles is 1. The van der Waals surface area contributed by atoms with Gasteiger partial charge in [0, 0.05) is 24.7 Å². The third-order valence-electron chi connectivity index (χ3n) is 6.78. The first-order valence-electron chi connectivity index (χ1n) is 13.4. The second-order valence-electron chi connectivity index (χ2n) is 10.0. The first kappa shape index (κ1) is 28.9. The lowest BCUT2D eigenvalue weighted by molar-refractivity contribution is -0.130. The van der Waals surface area contributed by atoms with Gasteiger partial charge in [0.2, 0.25) is 11.8 Å². The second kappa shape index (κ2) is 12.8. The average molecular weight is 552 g/mol. The van der Waals surface area contributed by atoms with Crippen molar-refractivity contribution in [3.05, 3.63) is 89.6 Å². The maximum Gasteiger partial charge on any atom is 0.271 e. The summed E-state index contributed by atoms with van der Waals surface area (Å²) in [5.74, 6) is 0.470. The number of fused-ring (bicyclic) bond motifs is 1. The zero-order valence-corrected chi connectivity index (χ0v) is 23.6. The molecule has 0 bridgehead atoms. The molecule has 9 heteroatoms. The Bertz CT molecular complexity index is 1580. The Kier molecular flexibility index (Phi) is 9.05. The fourth-order valence-electron chi connectivity index (χ4n) is 4.23. The number of aromatic amines is 1. The molecule has 2 N–H and O–H groups in total. The minimum Gasteiger partial charge on any atom is -0.457 e. The van der Waals surface area contributed by atoms with Gasteiger partial charge in [-0.15, -0.1) is 0 Å². The normalized spacial score (nSPS) is 10.7. The smallest absolute Gasteiger partial charge is 0.271 e. The highest BCUT2D eigenvalue weighted by atomic mass is 16.5. The van der Waals surface area contributed by atoms with Crippen LogP contribution in [0, 0.1) is 11.3 Å². The van der Waals surface area contributed by atoms with Gasteiger partial charge in [-0.05, 0) is 66.9 Å². The molecule has 9 nitrogen and oxygen atoms in total. The van der Waals surface area contributed by atoms with Crippen LogP contribution >= 0.6 is 0 Å². The van der Waals surface area contributed by atoms with E-state index in [-0.39, 0.29) is 24.7 Å². The van der Waals surface area contributed by atoms with E-state index in [0.717, 1.165) is 0 Å². The summed E-state index contributed by atoms with van der Waals surface area (Å²) in [6.07, 6.45) is 0. The first-order valence-corrected chi connectivity index (χ1v) is 13.4. The lowest BCUT2D eigenvalue weighted by Gasteiger charge is -2.24. The summed E-state index contributed by atoms with van der Waals surface area (Å²) < 4.78 is 5.90. The van der Waals surface area contributed by atoms with Crippen LogP contribution in [0.25, 0.3) is 10.9 Å². The van der Waals surface area contributed by atoms with Crippen LogP contribution in [0.1, 0.15) is 48.3 Å². The molecule has 0 aliphatic carbocycles. The average Bonchev–Trinajstić information content (AvgIpc) is 3.42. The van der Waals surface area contributed by atoms with Crippen molar-refractivity contribution < 1.29 is 19.1 Å². The maximum absolute atomic E-state index is 13.5. The summed E-state index contributed by atoms with van der Waals surface area (Å²) in [6.45, 7) is 5.93. The monoisotopic (exact) mass is 551 g/mol. The van der Waals surface area contributed by atoms with E-state index in [1.807, 2.05) is 31.2 Å². The maximum atomic E-state index is 13.5. The molecule has 0 spiro atoms. The van der Waals surface area contributed by atoms with Gasteiger partial charge in [-0.1, -0.05) is 38.1 Å². The van der Waals surface area contributed by atoms with Gasteiger partial charge >= 0.3 is 0 Å². The number of hydrogen-bond donors (Lipinski definition) is 2. The molecule has 3 aromatic carbocycles. The number of ether oxygens (including phenoxy) is 1. The fourth-order valence-corrected chi connectivity index (χ4v) is 4.23. The Morgan fingerprint density at radius 3 is 2.24 bits per heavy atom. The van der Waals surface area contributed by atoms with E-state index in [9.17, 15) is 19.6 Å². The van der Waals surface area contributed by atoms with Gasteiger partial charge in [-0.25, -0.2) is 0 Å². The Morgan fingerprint density at radius 1 is 0.976 bits per heavy atom. The molecule has 0 saturated heterocycles. The Morgan fingerprint density at radius 2 is 1.63 bits per heavy atom. The van der Waals surface area contributed by atoms with Crippen molar-refractivity contribution in [2.75, 3.05) is 32.0 Å². The number of aromatic nitrogens is 1. The van der Waals surface area contributed by atoms with Crippen LogP contribution in [0.5, 0.6) is 11.5 Å². The van der Waals surface area contributed by atoms with Crippen molar-refractivity contribution in [3.8, 4) is 17.6 Å². The van der Waals surface area contributed by atoms with Crippen molar-refractivity contribution in [2.45, 2.75) is 26.7 Å². The number of para-hydroxylation sites is 1. The summed E-state index contributed by atoms with van der Waals surface area (Å²) in [5.41, 5.74) is 2.85. The SMILES string of the molecule is CCN(C)C(=O)CN(CC(=O)Nc1ccc(Oc2ccc(C(C)C)cc2)cc1)C(=O)c1cc2cccc(C#N)c2[nH]1. The van der Waals surface area contributed by atoms with E-state index in [1.54, 1.807) is 55.6 Å². The number of benzene rings is 3. The molecule has 1 heterocycles. The van der Waals surface area contributed by atoms with Crippen molar-refractivity contribution in [1.29, 1.82) is 5.26 Å². The zero-order valence-electron chi connectivity index (χ0n) is 23.6. The van der Waals surface area contributed by atoms with E-state index in [2.05, 4.69) is 30.2 Å². The highest BCUT2D eigenvalue weighted by molar-refractivity contribution is 6.03. The zero-order chi connectivity index (χ0) is 29.5. The minimum absolute atomic E-state index is 0.186. The summed E-state index contributed by atoms with van der Waals surface area (Å²) in [4.78, 5) is 44.8. The molecule has 0 aliphatic rings. The van der Waals surface area contributed by atoms with Gasteiger partial charge < -0.3 is 24.8 Å². The molecule has 210 valence electrons. The largest absolute Gasteiger partial charge is 0.457 e. The van der Waals surface area contributed by atoms with Crippen LogP contribution in [0.3, 0.4) is 0 Å². The van der Waals surface area contributed by atoms with Gasteiger partial charge in [-0.2, -0.15) is 5.26 Å². The van der Waals surface area contributed by atoms with E-state index in [0.29, 0.717) is 46.1 Å². The molecule has 0 fully saturated rings. The number of carbonyl (C=O) groups excluding carboxylic acids is 3. The molecule has 0 aliphatic heterocycles. The third-order valence-corrected chi connectivity index (χ3v) is 6.78. The molecule has 41 heavy (non-hydrogen) atoms. The number of nitrogens with one attached hydrogen (secondary N) is 2. The van der Waals surface area contributed by atoms with Crippen molar-refractivity contribution in [1.82, 2.24) is 14.8 Å². The quantitative estimate of drug-likeness (QED) is 0.269. The Balaban J connectivity index is 1.46. The number of H-pyrrole nitrogens is 1. The molecule has 0 atom stereocenters. The molecular formula is C32H33N5O4. The van der Waals surface area contributed by atoms with E-state index < -0.39 is 11.8 Å². The lowest BCUT2D eigenvalue weighted by atomic mass is 10.0. The van der Waals surface area contributed by atoms with Crippen molar-refractivity contribution >= 4 is 34.3 Å². The molecule has 0 radical (unpaired) electrons. The van der Waals surface area contributed by atoms with Crippen LogP contribution in [0.2, 0.25) is 0 Å². The molecular weight excluding hydrogens is 518 g/mol. The summed E-state index contributed by atoms with van der Waals surface area (Å²) in [6, 6.07) is 23.7. The number of anilines is 1. The standard InChI is InChI=1S/C32H33N5O4/c1-5-36(4)30(39)20-37(32(40)28-17-23-7-6-8-24(18-33)31(23)35-28)19-29(38)34-25-11-15-27(16-12-25)41-26-13-9-22(10-14-26)21(2)3/h6-17,21,35H,5,19-20H2,1-4H3,(H,34,38). The predicted molar refractivity (Wildman–Crippen MR) is 158 cm³/mol. The van der Waals surface area contributed by atoms with Gasteiger partial charge in [0.05, 0.1) is 11.1 Å². The second-order valence-corrected chi connectivity index (χ2v) is 10.0. The number of nitrogens with zero attached hydrogens (tertiary/aromatic N) is 3. The lowest BCUT2D eigenvalue weighted by Crippen LogP contribution is -2.45. The predicted octanol–water partition coefficient (Wildman–Crippen LogP) is 5.51. The molecule has 3 amide bonds. The number of carbonyl (C=O) groups is 3.